The first kappa shape index (κ1) is 21.6. The number of thiazole rings is 1. The van der Waals surface area contributed by atoms with Gasteiger partial charge in [0.15, 0.2) is 5.13 Å². The number of likely N-dealkylation sites (N-methyl/N-ethyl adjacent to an activating group) is 1. The molecule has 0 aliphatic rings. The minimum Gasteiger partial charge on any atom is -0.497 e. The second-order valence-corrected chi connectivity index (χ2v) is 9.22. The molecule has 0 saturated carbocycles. The van der Waals surface area contributed by atoms with E-state index in [2.05, 4.69) is 30.9 Å². The lowest BCUT2D eigenvalue weighted by atomic mass is 10.1. The average molecular weight is 430 g/mol. The fraction of sp³-hybridized carbons (Fsp3) is 0.364. The molecule has 3 rings (SSSR count). The first-order valence-electron chi connectivity index (χ1n) is 9.47. The lowest BCUT2D eigenvalue weighted by Gasteiger charge is -2.21. The Morgan fingerprint density at radius 2 is 1.83 bits per heavy atom. The van der Waals surface area contributed by atoms with Crippen LogP contribution in [0.2, 0.25) is 0 Å². The van der Waals surface area contributed by atoms with Gasteiger partial charge in [-0.1, -0.05) is 17.4 Å². The van der Waals surface area contributed by atoms with Gasteiger partial charge >= 0.3 is 0 Å². The SMILES string of the molecule is COc1ccc(SCC(=O)N(CCN(C)C)c2nc3c(C)c(C)ccc3s2)cc1. The summed E-state index contributed by atoms with van der Waals surface area (Å²) in [7, 11) is 5.68. The van der Waals surface area contributed by atoms with Crippen molar-refractivity contribution in [2.45, 2.75) is 18.7 Å². The topological polar surface area (TPSA) is 45.7 Å². The van der Waals surface area contributed by atoms with Crippen molar-refractivity contribution in [1.29, 1.82) is 0 Å². The minimum atomic E-state index is 0.0705. The van der Waals surface area contributed by atoms with E-state index in [1.165, 1.54) is 22.9 Å². The van der Waals surface area contributed by atoms with Gasteiger partial charge in [0.05, 0.1) is 23.1 Å². The number of carbonyl (C=O) groups is 1. The standard InChI is InChI=1S/C22H27N3O2S2/c1-15-6-11-19-21(16(15)2)23-22(29-19)25(13-12-24(3)4)20(26)14-28-18-9-7-17(27-5)8-10-18/h6-11H,12-14H2,1-5H3. The van der Waals surface area contributed by atoms with Crippen molar-refractivity contribution in [2.24, 2.45) is 0 Å². The molecule has 0 bridgehead atoms. The maximum atomic E-state index is 13.1. The highest BCUT2D eigenvalue weighted by Crippen LogP contribution is 2.32. The maximum Gasteiger partial charge on any atom is 0.239 e. The summed E-state index contributed by atoms with van der Waals surface area (Å²) >= 11 is 3.12. The van der Waals surface area contributed by atoms with Crippen LogP contribution in [0, 0.1) is 13.8 Å². The number of aromatic nitrogens is 1. The van der Waals surface area contributed by atoms with E-state index >= 15 is 0 Å². The third-order valence-electron chi connectivity index (χ3n) is 4.80. The summed E-state index contributed by atoms with van der Waals surface area (Å²) in [6.07, 6.45) is 0. The summed E-state index contributed by atoms with van der Waals surface area (Å²) < 4.78 is 6.32. The van der Waals surface area contributed by atoms with Crippen LogP contribution in [0.5, 0.6) is 5.75 Å². The fourth-order valence-electron chi connectivity index (χ4n) is 2.85. The quantitative estimate of drug-likeness (QED) is 0.490. The Balaban J connectivity index is 1.80. The number of hydrogen-bond donors (Lipinski definition) is 0. The van der Waals surface area contributed by atoms with Crippen molar-refractivity contribution in [1.82, 2.24) is 9.88 Å². The molecular weight excluding hydrogens is 402 g/mol. The van der Waals surface area contributed by atoms with E-state index in [0.717, 1.165) is 32.5 Å². The van der Waals surface area contributed by atoms with Gasteiger partial charge in [-0.05, 0) is 69.4 Å². The zero-order chi connectivity index (χ0) is 21.0. The highest BCUT2D eigenvalue weighted by molar-refractivity contribution is 8.00. The van der Waals surface area contributed by atoms with Crippen LogP contribution < -0.4 is 9.64 Å². The third-order valence-corrected chi connectivity index (χ3v) is 6.84. The van der Waals surface area contributed by atoms with Crippen LogP contribution in [0.1, 0.15) is 11.1 Å². The summed E-state index contributed by atoms with van der Waals surface area (Å²) in [5.74, 6) is 1.25. The number of aryl methyl sites for hydroxylation is 2. The lowest BCUT2D eigenvalue weighted by Crippen LogP contribution is -2.37. The minimum absolute atomic E-state index is 0.0705. The number of fused-ring (bicyclic) bond motifs is 1. The first-order valence-corrected chi connectivity index (χ1v) is 11.3. The molecule has 5 nitrogen and oxygen atoms in total. The van der Waals surface area contributed by atoms with Gasteiger partial charge in [0.25, 0.3) is 0 Å². The molecule has 2 aromatic carbocycles. The van der Waals surface area contributed by atoms with Gasteiger partial charge in [-0.2, -0.15) is 0 Å². The van der Waals surface area contributed by atoms with E-state index in [-0.39, 0.29) is 5.91 Å². The van der Waals surface area contributed by atoms with Crippen LogP contribution in [-0.4, -0.2) is 55.8 Å². The van der Waals surface area contributed by atoms with Crippen LogP contribution in [0.3, 0.4) is 0 Å². The molecule has 0 N–H and O–H groups in total. The number of rotatable bonds is 8. The van der Waals surface area contributed by atoms with E-state index in [0.29, 0.717) is 12.3 Å². The van der Waals surface area contributed by atoms with Crippen molar-refractivity contribution in [2.75, 3.05) is 44.9 Å². The lowest BCUT2D eigenvalue weighted by molar-refractivity contribution is -0.116. The van der Waals surface area contributed by atoms with Crippen molar-refractivity contribution < 1.29 is 9.53 Å². The molecule has 29 heavy (non-hydrogen) atoms. The smallest absolute Gasteiger partial charge is 0.239 e. The van der Waals surface area contributed by atoms with Gasteiger partial charge in [-0.25, -0.2) is 4.98 Å². The van der Waals surface area contributed by atoms with Gasteiger partial charge < -0.3 is 9.64 Å². The summed E-state index contributed by atoms with van der Waals surface area (Å²) in [4.78, 5) is 22.9. The van der Waals surface area contributed by atoms with Crippen molar-refractivity contribution in [3.8, 4) is 5.75 Å². The average Bonchev–Trinajstić information content (AvgIpc) is 3.14. The molecule has 154 valence electrons. The number of methoxy groups -OCH3 is 1. The highest BCUT2D eigenvalue weighted by atomic mass is 32.2. The Bertz CT molecular complexity index is 984. The zero-order valence-electron chi connectivity index (χ0n) is 17.6. The number of nitrogens with zero attached hydrogens (tertiary/aromatic N) is 3. The van der Waals surface area contributed by atoms with Gasteiger partial charge in [-0.3, -0.25) is 9.69 Å². The Kier molecular flexibility index (Phi) is 7.16. The summed E-state index contributed by atoms with van der Waals surface area (Å²) in [5.41, 5.74) is 3.39. The van der Waals surface area contributed by atoms with Crippen molar-refractivity contribution in [3.05, 3.63) is 47.5 Å². The van der Waals surface area contributed by atoms with E-state index in [9.17, 15) is 4.79 Å². The number of amides is 1. The molecule has 0 unspecified atom stereocenters. The maximum absolute atomic E-state index is 13.1. The van der Waals surface area contributed by atoms with E-state index < -0.39 is 0 Å². The van der Waals surface area contributed by atoms with Crippen LogP contribution in [-0.2, 0) is 4.79 Å². The number of anilines is 1. The number of thioether (sulfide) groups is 1. The van der Waals surface area contributed by atoms with Crippen LogP contribution in [0.25, 0.3) is 10.2 Å². The summed E-state index contributed by atoms with van der Waals surface area (Å²) in [5, 5.41) is 0.774. The number of carbonyl (C=O) groups excluding carboxylic acids is 1. The van der Waals surface area contributed by atoms with Gasteiger partial charge in [0.2, 0.25) is 5.91 Å². The molecule has 1 heterocycles. The summed E-state index contributed by atoms with van der Waals surface area (Å²) in [6, 6.07) is 12.0. The molecule has 0 atom stereocenters. The molecule has 0 aliphatic heterocycles. The molecule has 7 heteroatoms. The monoisotopic (exact) mass is 429 g/mol. The molecule has 0 spiro atoms. The largest absolute Gasteiger partial charge is 0.497 e. The van der Waals surface area contributed by atoms with Crippen molar-refractivity contribution >= 4 is 44.4 Å². The summed E-state index contributed by atoms with van der Waals surface area (Å²) in [6.45, 7) is 5.58. The van der Waals surface area contributed by atoms with Gasteiger partial charge in [0.1, 0.15) is 5.75 Å². The highest BCUT2D eigenvalue weighted by Gasteiger charge is 2.21. The Hall–Kier alpha value is -2.09. The predicted octanol–water partition coefficient (Wildman–Crippen LogP) is 4.61. The normalized spacial score (nSPS) is 11.2. The number of ether oxygens (including phenoxy) is 1. The molecule has 1 aromatic heterocycles. The van der Waals surface area contributed by atoms with E-state index in [1.807, 2.05) is 43.3 Å². The van der Waals surface area contributed by atoms with E-state index in [4.69, 9.17) is 9.72 Å². The molecule has 0 aliphatic carbocycles. The Morgan fingerprint density at radius 1 is 1.10 bits per heavy atom. The van der Waals surface area contributed by atoms with Crippen LogP contribution in [0.4, 0.5) is 5.13 Å². The second-order valence-electron chi connectivity index (χ2n) is 7.16. The van der Waals surface area contributed by atoms with Crippen LogP contribution >= 0.6 is 23.1 Å². The molecule has 0 radical (unpaired) electrons. The van der Waals surface area contributed by atoms with Gasteiger partial charge in [0, 0.05) is 18.0 Å². The molecule has 0 saturated heterocycles. The molecule has 3 aromatic rings. The zero-order valence-corrected chi connectivity index (χ0v) is 19.2. The number of benzene rings is 2. The van der Waals surface area contributed by atoms with Crippen LogP contribution in [0.15, 0.2) is 41.3 Å². The number of hydrogen-bond acceptors (Lipinski definition) is 6. The second kappa shape index (κ2) is 9.61. The Labute approximate surface area is 180 Å². The molecule has 1 amide bonds. The Morgan fingerprint density at radius 3 is 2.48 bits per heavy atom. The molecular formula is C22H27N3O2S2. The van der Waals surface area contributed by atoms with Crippen molar-refractivity contribution in [3.63, 3.8) is 0 Å². The predicted molar refractivity (Wildman–Crippen MR) is 124 cm³/mol. The van der Waals surface area contributed by atoms with Gasteiger partial charge in [-0.15, -0.1) is 11.8 Å². The third kappa shape index (κ3) is 5.29. The molecule has 0 fully saturated rings. The first-order chi connectivity index (χ1) is 13.9. The fourth-order valence-corrected chi connectivity index (χ4v) is 4.69. The van der Waals surface area contributed by atoms with E-state index in [1.54, 1.807) is 18.4 Å².